The van der Waals surface area contributed by atoms with E-state index in [2.05, 4.69) is 82.3 Å². The van der Waals surface area contributed by atoms with E-state index in [0.29, 0.717) is 5.92 Å². The van der Waals surface area contributed by atoms with Gasteiger partial charge >= 0.3 is 0 Å². The fourth-order valence-corrected chi connectivity index (χ4v) is 2.36. The number of benzene rings is 1. The lowest BCUT2D eigenvalue weighted by atomic mass is 9.92. The van der Waals surface area contributed by atoms with Gasteiger partial charge in [-0.1, -0.05) is 69.7 Å². The Hall–Kier alpha value is -1.64. The first-order valence-corrected chi connectivity index (χ1v) is 7.28. The van der Waals surface area contributed by atoms with Gasteiger partial charge in [0.15, 0.2) is 0 Å². The summed E-state index contributed by atoms with van der Waals surface area (Å²) in [4.78, 5) is 0. The van der Waals surface area contributed by atoms with E-state index in [4.69, 9.17) is 0 Å². The number of hydrogen-bond donors (Lipinski definition) is 0. The lowest BCUT2D eigenvalue weighted by molar-refractivity contribution is 0.394. The largest absolute Gasteiger partial charge is 0.245 e. The van der Waals surface area contributed by atoms with E-state index in [9.17, 15) is 0 Å². The first-order valence-electron chi connectivity index (χ1n) is 7.28. The molecule has 0 N–H and O–H groups in total. The predicted octanol–water partition coefficient (Wildman–Crippen LogP) is 4.13. The summed E-state index contributed by atoms with van der Waals surface area (Å²) in [6.07, 6.45) is 2.09. The van der Waals surface area contributed by atoms with Crippen LogP contribution in [0.15, 0.2) is 30.5 Å². The summed E-state index contributed by atoms with van der Waals surface area (Å²) in [5.41, 5.74) is 3.64. The molecule has 108 valence electrons. The Labute approximate surface area is 122 Å². The van der Waals surface area contributed by atoms with Gasteiger partial charge in [0.25, 0.3) is 0 Å². The smallest absolute Gasteiger partial charge is 0.0880 e. The summed E-state index contributed by atoms with van der Waals surface area (Å²) in [5.74, 6) is 0.465. The van der Waals surface area contributed by atoms with Crippen LogP contribution in [0, 0.1) is 12.8 Å². The van der Waals surface area contributed by atoms with E-state index < -0.39 is 0 Å². The highest BCUT2D eigenvalue weighted by Gasteiger charge is 2.23. The standard InChI is InChI=1S/C17H25N3/c1-12(2)16(14-9-7-13(3)8-10-14)20-11-15(18-19-20)17(4,5)6/h7-12,16H,1-6H3. The van der Waals surface area contributed by atoms with Gasteiger partial charge < -0.3 is 0 Å². The molecule has 1 unspecified atom stereocenters. The fourth-order valence-electron chi connectivity index (χ4n) is 2.36. The van der Waals surface area contributed by atoms with Crippen molar-refractivity contribution >= 4 is 0 Å². The van der Waals surface area contributed by atoms with Crippen LogP contribution in [-0.2, 0) is 5.41 Å². The third kappa shape index (κ3) is 3.09. The number of rotatable bonds is 3. The molecule has 1 atom stereocenters. The molecule has 0 aliphatic rings. The normalized spacial score (nSPS) is 13.8. The second-order valence-electron chi connectivity index (χ2n) is 6.93. The molecule has 1 heterocycles. The monoisotopic (exact) mass is 271 g/mol. The van der Waals surface area contributed by atoms with Crippen molar-refractivity contribution in [2.24, 2.45) is 5.92 Å². The predicted molar refractivity (Wildman–Crippen MR) is 82.9 cm³/mol. The molecule has 0 fully saturated rings. The lowest BCUT2D eigenvalue weighted by Gasteiger charge is -2.21. The Kier molecular flexibility index (Phi) is 3.98. The van der Waals surface area contributed by atoms with Crippen molar-refractivity contribution in [3.8, 4) is 0 Å². The van der Waals surface area contributed by atoms with Crippen molar-refractivity contribution in [1.29, 1.82) is 0 Å². The second-order valence-corrected chi connectivity index (χ2v) is 6.93. The van der Waals surface area contributed by atoms with Gasteiger partial charge in [-0.2, -0.15) is 0 Å². The maximum absolute atomic E-state index is 4.37. The summed E-state index contributed by atoms with van der Waals surface area (Å²) in [6, 6.07) is 8.94. The van der Waals surface area contributed by atoms with Crippen molar-refractivity contribution in [1.82, 2.24) is 15.0 Å². The maximum Gasteiger partial charge on any atom is 0.0880 e. The quantitative estimate of drug-likeness (QED) is 0.840. The van der Waals surface area contributed by atoms with Gasteiger partial charge in [0.2, 0.25) is 0 Å². The van der Waals surface area contributed by atoms with E-state index in [1.165, 1.54) is 11.1 Å². The van der Waals surface area contributed by atoms with Crippen LogP contribution >= 0.6 is 0 Å². The fraction of sp³-hybridized carbons (Fsp3) is 0.529. The van der Waals surface area contributed by atoms with Gasteiger partial charge in [0.1, 0.15) is 0 Å². The summed E-state index contributed by atoms with van der Waals surface area (Å²) in [5, 5.41) is 8.72. The second kappa shape index (κ2) is 5.39. The van der Waals surface area contributed by atoms with E-state index in [-0.39, 0.29) is 11.5 Å². The summed E-state index contributed by atoms with van der Waals surface area (Å²) < 4.78 is 2.01. The highest BCUT2D eigenvalue weighted by Crippen LogP contribution is 2.28. The third-order valence-electron chi connectivity index (χ3n) is 3.61. The third-order valence-corrected chi connectivity index (χ3v) is 3.61. The highest BCUT2D eigenvalue weighted by atomic mass is 15.4. The molecular weight excluding hydrogens is 246 g/mol. The molecule has 0 aliphatic carbocycles. The van der Waals surface area contributed by atoms with E-state index in [0.717, 1.165) is 5.69 Å². The van der Waals surface area contributed by atoms with Crippen LogP contribution in [0.2, 0.25) is 0 Å². The van der Waals surface area contributed by atoms with Gasteiger partial charge in [0.05, 0.1) is 11.7 Å². The number of aromatic nitrogens is 3. The molecule has 2 rings (SSSR count). The number of nitrogens with zero attached hydrogens (tertiary/aromatic N) is 3. The van der Waals surface area contributed by atoms with Gasteiger partial charge in [-0.3, -0.25) is 0 Å². The van der Waals surface area contributed by atoms with Crippen LogP contribution in [0.3, 0.4) is 0 Å². The first kappa shape index (κ1) is 14.8. The Morgan fingerprint density at radius 3 is 2.10 bits per heavy atom. The molecule has 1 aromatic heterocycles. The summed E-state index contributed by atoms with van der Waals surface area (Å²) >= 11 is 0. The molecule has 1 aromatic carbocycles. The Bertz CT molecular complexity index is 559. The van der Waals surface area contributed by atoms with Crippen LogP contribution < -0.4 is 0 Å². The summed E-state index contributed by atoms with van der Waals surface area (Å²) in [7, 11) is 0. The SMILES string of the molecule is Cc1ccc(C(C(C)C)n2cc(C(C)(C)C)nn2)cc1. The number of hydrogen-bond acceptors (Lipinski definition) is 2. The van der Waals surface area contributed by atoms with E-state index >= 15 is 0 Å². The number of aryl methyl sites for hydroxylation is 1. The molecule has 3 heteroatoms. The van der Waals surface area contributed by atoms with E-state index in [1.807, 2.05) is 4.68 Å². The van der Waals surface area contributed by atoms with Crippen molar-refractivity contribution in [3.63, 3.8) is 0 Å². The minimum absolute atomic E-state index is 0.0348. The maximum atomic E-state index is 4.37. The Balaban J connectivity index is 2.39. The first-order chi connectivity index (χ1) is 9.29. The molecule has 0 radical (unpaired) electrons. The van der Waals surface area contributed by atoms with Crippen molar-refractivity contribution in [2.45, 2.75) is 53.0 Å². The lowest BCUT2D eigenvalue weighted by Crippen LogP contribution is -2.17. The van der Waals surface area contributed by atoms with E-state index in [1.54, 1.807) is 0 Å². The molecule has 0 spiro atoms. The highest BCUT2D eigenvalue weighted by molar-refractivity contribution is 5.25. The molecule has 0 bridgehead atoms. The molecule has 0 amide bonds. The average Bonchev–Trinajstić information content (AvgIpc) is 2.80. The van der Waals surface area contributed by atoms with Crippen LogP contribution in [0.25, 0.3) is 0 Å². The average molecular weight is 271 g/mol. The zero-order chi connectivity index (χ0) is 14.9. The minimum Gasteiger partial charge on any atom is -0.245 e. The van der Waals surface area contributed by atoms with Crippen LogP contribution in [0.5, 0.6) is 0 Å². The molecule has 0 saturated carbocycles. The van der Waals surface area contributed by atoms with Gasteiger partial charge in [-0.05, 0) is 18.4 Å². The molecule has 3 nitrogen and oxygen atoms in total. The van der Waals surface area contributed by atoms with Crippen LogP contribution in [-0.4, -0.2) is 15.0 Å². The van der Waals surface area contributed by atoms with Crippen molar-refractivity contribution in [3.05, 3.63) is 47.3 Å². The molecule has 2 aromatic rings. The Morgan fingerprint density at radius 2 is 1.65 bits per heavy atom. The molecule has 0 saturated heterocycles. The van der Waals surface area contributed by atoms with Gasteiger partial charge in [-0.25, -0.2) is 4.68 Å². The molecule has 0 aliphatic heterocycles. The van der Waals surface area contributed by atoms with Gasteiger partial charge in [-0.15, -0.1) is 5.10 Å². The van der Waals surface area contributed by atoms with Crippen molar-refractivity contribution < 1.29 is 0 Å². The summed E-state index contributed by atoms with van der Waals surface area (Å²) in [6.45, 7) is 13.1. The zero-order valence-corrected chi connectivity index (χ0v) is 13.4. The topological polar surface area (TPSA) is 30.7 Å². The minimum atomic E-state index is 0.0348. The zero-order valence-electron chi connectivity index (χ0n) is 13.4. The van der Waals surface area contributed by atoms with Gasteiger partial charge in [0, 0.05) is 11.6 Å². The molecular formula is C17H25N3. The molecule has 20 heavy (non-hydrogen) atoms. The van der Waals surface area contributed by atoms with Crippen LogP contribution in [0.1, 0.15) is 57.5 Å². The van der Waals surface area contributed by atoms with Crippen LogP contribution in [0.4, 0.5) is 0 Å². The van der Waals surface area contributed by atoms with Crippen molar-refractivity contribution in [2.75, 3.05) is 0 Å². The Morgan fingerprint density at radius 1 is 1.05 bits per heavy atom.